The number of anilines is 1. The van der Waals surface area contributed by atoms with Crippen LogP contribution in [0, 0.1) is 0 Å². The Morgan fingerprint density at radius 3 is 2.73 bits per heavy atom. The molecule has 0 saturated carbocycles. The van der Waals surface area contributed by atoms with E-state index in [1.807, 2.05) is 18.2 Å². The van der Waals surface area contributed by atoms with Crippen LogP contribution in [0.5, 0.6) is 0 Å². The molecule has 1 heterocycles. The number of hydrogen-bond acceptors (Lipinski definition) is 2. The Hall–Kier alpha value is -1.51. The van der Waals surface area contributed by atoms with Gasteiger partial charge in [0.05, 0.1) is 0 Å². The smallest absolute Gasteiger partial charge is 0.251 e. The summed E-state index contributed by atoms with van der Waals surface area (Å²) >= 11 is 0. The highest BCUT2D eigenvalue weighted by molar-refractivity contribution is 5.98. The Labute approximate surface area is 89.9 Å². The van der Waals surface area contributed by atoms with Gasteiger partial charge in [-0.15, -0.1) is 0 Å². The highest BCUT2D eigenvalue weighted by Gasteiger charge is 2.19. The molecule has 0 aliphatic carbocycles. The quantitative estimate of drug-likeness (QED) is 0.736. The number of nitrogens with one attached hydrogen (secondary N) is 2. The molecule has 0 fully saturated rings. The van der Waals surface area contributed by atoms with E-state index in [1.165, 1.54) is 0 Å². The minimum absolute atomic E-state index is 0.0345. The Balaban J connectivity index is 2.27. The van der Waals surface area contributed by atoms with Gasteiger partial charge >= 0.3 is 0 Å². The number of benzene rings is 1. The SMILES string of the molecule is CC(C)(C)Nc1ccc2c(c1)CNC2=O. The van der Waals surface area contributed by atoms with Crippen molar-refractivity contribution >= 4 is 11.6 Å². The molecule has 0 aromatic heterocycles. The van der Waals surface area contributed by atoms with Gasteiger partial charge in [-0.3, -0.25) is 4.79 Å². The third kappa shape index (κ3) is 2.12. The first kappa shape index (κ1) is 10.0. The van der Waals surface area contributed by atoms with Crippen molar-refractivity contribution in [2.24, 2.45) is 0 Å². The molecule has 0 spiro atoms. The van der Waals surface area contributed by atoms with Crippen molar-refractivity contribution in [3.8, 4) is 0 Å². The molecule has 2 rings (SSSR count). The molecule has 3 nitrogen and oxygen atoms in total. The Kier molecular flexibility index (Phi) is 2.18. The molecule has 0 unspecified atom stereocenters. The second-order valence-corrected chi connectivity index (χ2v) is 4.93. The van der Waals surface area contributed by atoms with E-state index in [-0.39, 0.29) is 11.4 Å². The summed E-state index contributed by atoms with van der Waals surface area (Å²) in [6.07, 6.45) is 0. The van der Waals surface area contributed by atoms with Crippen molar-refractivity contribution < 1.29 is 4.79 Å². The van der Waals surface area contributed by atoms with Gasteiger partial charge in [0, 0.05) is 23.3 Å². The minimum Gasteiger partial charge on any atom is -0.380 e. The van der Waals surface area contributed by atoms with Gasteiger partial charge in [0.25, 0.3) is 5.91 Å². The third-order valence-corrected chi connectivity index (χ3v) is 2.31. The molecule has 15 heavy (non-hydrogen) atoms. The van der Waals surface area contributed by atoms with Crippen LogP contribution in [-0.2, 0) is 6.54 Å². The fraction of sp³-hybridized carbons (Fsp3) is 0.417. The summed E-state index contributed by atoms with van der Waals surface area (Å²) in [6, 6.07) is 5.87. The third-order valence-electron chi connectivity index (χ3n) is 2.31. The summed E-state index contributed by atoms with van der Waals surface area (Å²) < 4.78 is 0. The fourth-order valence-electron chi connectivity index (χ4n) is 1.74. The summed E-state index contributed by atoms with van der Waals surface area (Å²) in [4.78, 5) is 11.3. The second kappa shape index (κ2) is 3.26. The lowest BCUT2D eigenvalue weighted by Crippen LogP contribution is -2.26. The predicted octanol–water partition coefficient (Wildman–Crippen LogP) is 2.14. The molecule has 3 heteroatoms. The summed E-state index contributed by atoms with van der Waals surface area (Å²) in [5.74, 6) is 0.0345. The molecule has 0 radical (unpaired) electrons. The lowest BCUT2D eigenvalue weighted by atomic mass is 10.1. The van der Waals surface area contributed by atoms with Crippen LogP contribution in [0.15, 0.2) is 18.2 Å². The maximum Gasteiger partial charge on any atom is 0.251 e. The monoisotopic (exact) mass is 204 g/mol. The van der Waals surface area contributed by atoms with Gasteiger partial charge < -0.3 is 10.6 Å². The van der Waals surface area contributed by atoms with Crippen LogP contribution in [0.4, 0.5) is 5.69 Å². The molecule has 1 aliphatic heterocycles. The standard InChI is InChI=1S/C12H16N2O/c1-12(2,3)14-9-4-5-10-8(6-9)7-13-11(10)15/h4-6,14H,7H2,1-3H3,(H,13,15). The maximum atomic E-state index is 11.3. The van der Waals surface area contributed by atoms with E-state index < -0.39 is 0 Å². The first-order valence-electron chi connectivity index (χ1n) is 5.15. The van der Waals surface area contributed by atoms with Crippen LogP contribution in [0.25, 0.3) is 0 Å². The number of carbonyl (C=O) groups excluding carboxylic acids is 1. The molecule has 0 atom stereocenters. The van der Waals surface area contributed by atoms with Crippen molar-refractivity contribution in [3.63, 3.8) is 0 Å². The summed E-state index contributed by atoms with van der Waals surface area (Å²) in [7, 11) is 0. The van der Waals surface area contributed by atoms with Crippen molar-refractivity contribution in [1.82, 2.24) is 5.32 Å². The molecule has 80 valence electrons. The van der Waals surface area contributed by atoms with E-state index in [2.05, 4.69) is 31.4 Å². The molecule has 0 bridgehead atoms. The normalized spacial score (nSPS) is 14.7. The van der Waals surface area contributed by atoms with E-state index >= 15 is 0 Å². The van der Waals surface area contributed by atoms with Gasteiger partial charge in [0.2, 0.25) is 0 Å². The van der Waals surface area contributed by atoms with Crippen LogP contribution in [-0.4, -0.2) is 11.4 Å². The van der Waals surface area contributed by atoms with Crippen molar-refractivity contribution in [2.45, 2.75) is 32.9 Å². The molecule has 1 aliphatic rings. The van der Waals surface area contributed by atoms with Crippen LogP contribution in [0.1, 0.15) is 36.7 Å². The number of carbonyl (C=O) groups is 1. The van der Waals surface area contributed by atoms with E-state index in [1.54, 1.807) is 0 Å². The summed E-state index contributed by atoms with van der Waals surface area (Å²) in [5.41, 5.74) is 2.99. The maximum absolute atomic E-state index is 11.3. The average Bonchev–Trinajstić information content (AvgIpc) is 2.45. The zero-order valence-electron chi connectivity index (χ0n) is 9.35. The van der Waals surface area contributed by atoms with Crippen molar-refractivity contribution in [3.05, 3.63) is 29.3 Å². The van der Waals surface area contributed by atoms with Crippen LogP contribution in [0.2, 0.25) is 0 Å². The molecule has 1 aromatic rings. The zero-order chi connectivity index (χ0) is 11.1. The number of hydrogen-bond donors (Lipinski definition) is 2. The summed E-state index contributed by atoms with van der Waals surface area (Å²) in [6.45, 7) is 6.99. The largest absolute Gasteiger partial charge is 0.380 e. The van der Waals surface area contributed by atoms with E-state index in [0.29, 0.717) is 6.54 Å². The molecule has 1 aromatic carbocycles. The fourth-order valence-corrected chi connectivity index (χ4v) is 1.74. The van der Waals surface area contributed by atoms with Gasteiger partial charge in [0.15, 0.2) is 0 Å². The van der Waals surface area contributed by atoms with Crippen molar-refractivity contribution in [2.75, 3.05) is 5.32 Å². The van der Waals surface area contributed by atoms with E-state index in [9.17, 15) is 4.79 Å². The van der Waals surface area contributed by atoms with Gasteiger partial charge in [-0.05, 0) is 44.5 Å². The molecule has 2 N–H and O–H groups in total. The lowest BCUT2D eigenvalue weighted by Gasteiger charge is -2.22. The van der Waals surface area contributed by atoms with Crippen molar-refractivity contribution in [1.29, 1.82) is 0 Å². The second-order valence-electron chi connectivity index (χ2n) is 4.93. The average molecular weight is 204 g/mol. The Morgan fingerprint density at radius 1 is 1.33 bits per heavy atom. The highest BCUT2D eigenvalue weighted by atomic mass is 16.1. The van der Waals surface area contributed by atoms with Gasteiger partial charge in [-0.1, -0.05) is 0 Å². The number of rotatable bonds is 1. The zero-order valence-corrected chi connectivity index (χ0v) is 9.35. The predicted molar refractivity (Wildman–Crippen MR) is 61.0 cm³/mol. The molecular formula is C12H16N2O. The minimum atomic E-state index is 0.0345. The van der Waals surface area contributed by atoms with Crippen LogP contribution in [0.3, 0.4) is 0 Å². The van der Waals surface area contributed by atoms with Crippen LogP contribution < -0.4 is 10.6 Å². The lowest BCUT2D eigenvalue weighted by molar-refractivity contribution is 0.0966. The Bertz CT molecular complexity index is 405. The molecule has 1 amide bonds. The van der Waals surface area contributed by atoms with Gasteiger partial charge in [-0.2, -0.15) is 0 Å². The first-order chi connectivity index (χ1) is 6.96. The topological polar surface area (TPSA) is 41.1 Å². The first-order valence-corrected chi connectivity index (χ1v) is 5.15. The van der Waals surface area contributed by atoms with E-state index in [4.69, 9.17) is 0 Å². The Morgan fingerprint density at radius 2 is 2.07 bits per heavy atom. The van der Waals surface area contributed by atoms with E-state index in [0.717, 1.165) is 16.8 Å². The van der Waals surface area contributed by atoms with Gasteiger partial charge in [0.1, 0.15) is 0 Å². The molecular weight excluding hydrogens is 188 g/mol. The van der Waals surface area contributed by atoms with Crippen LogP contribution >= 0.6 is 0 Å². The number of amides is 1. The highest BCUT2D eigenvalue weighted by Crippen LogP contribution is 2.22. The number of fused-ring (bicyclic) bond motifs is 1. The molecule has 0 saturated heterocycles. The van der Waals surface area contributed by atoms with Gasteiger partial charge in [-0.25, -0.2) is 0 Å². The summed E-state index contributed by atoms with van der Waals surface area (Å²) in [5, 5.41) is 6.19.